The summed E-state index contributed by atoms with van der Waals surface area (Å²) in [4.78, 5) is 0. The predicted molar refractivity (Wildman–Crippen MR) is 63.2 cm³/mol. The van der Waals surface area contributed by atoms with Crippen molar-refractivity contribution in [2.75, 3.05) is 17.3 Å². The molecule has 2 heterocycles. The molecule has 0 radical (unpaired) electrons. The van der Waals surface area contributed by atoms with Crippen LogP contribution in [0.1, 0.15) is 5.69 Å². The van der Waals surface area contributed by atoms with Crippen LogP contribution in [0.5, 0.6) is 0 Å². The molecule has 0 saturated carbocycles. The Hall–Kier alpha value is 0.220. The molecule has 1 aliphatic rings. The Balaban J connectivity index is 1.85. The van der Waals surface area contributed by atoms with Crippen LogP contribution in [-0.4, -0.2) is 42.5 Å². The van der Waals surface area contributed by atoms with Gasteiger partial charge in [-0.1, -0.05) is 0 Å². The van der Waals surface area contributed by atoms with Gasteiger partial charge in [0.2, 0.25) is 0 Å². The van der Waals surface area contributed by atoms with E-state index in [1.165, 1.54) is 17.5 Å². The summed E-state index contributed by atoms with van der Waals surface area (Å²) in [5.41, 5.74) is 0.915. The van der Waals surface area contributed by atoms with Crippen LogP contribution < -0.4 is 0 Å². The van der Waals surface area contributed by atoms with Crippen molar-refractivity contribution in [1.82, 2.24) is 8.75 Å². The largest absolute Gasteiger partial charge is 0.392 e. The van der Waals surface area contributed by atoms with Crippen molar-refractivity contribution < 1.29 is 5.11 Å². The molecule has 1 fully saturated rings. The average molecular weight is 248 g/mol. The fraction of sp³-hybridized carbons (Fsp3) is 0.750. The molecule has 0 spiro atoms. The molecule has 3 nitrogen and oxygen atoms in total. The van der Waals surface area contributed by atoms with Crippen LogP contribution >= 0.6 is 35.3 Å². The van der Waals surface area contributed by atoms with Gasteiger partial charge < -0.3 is 5.11 Å². The van der Waals surface area contributed by atoms with Crippen LogP contribution in [0.15, 0.2) is 6.20 Å². The second-order valence-corrected chi connectivity index (χ2v) is 6.21. The first-order valence-corrected chi connectivity index (χ1v) is 7.43. The Morgan fingerprint density at radius 3 is 3.14 bits per heavy atom. The minimum atomic E-state index is -0.267. The number of nitrogens with zero attached hydrogens (tertiary/aromatic N) is 2. The molecule has 6 heteroatoms. The van der Waals surface area contributed by atoms with Gasteiger partial charge in [0.25, 0.3) is 0 Å². The molecule has 0 aromatic carbocycles. The summed E-state index contributed by atoms with van der Waals surface area (Å²) in [5, 5.41) is 10.3. The number of hydrogen-bond acceptors (Lipinski definition) is 6. The maximum absolute atomic E-state index is 9.95. The first kappa shape index (κ1) is 10.7. The van der Waals surface area contributed by atoms with E-state index in [-0.39, 0.29) is 6.10 Å². The smallest absolute Gasteiger partial charge is 0.0769 e. The van der Waals surface area contributed by atoms with E-state index in [1.54, 1.807) is 6.20 Å². The van der Waals surface area contributed by atoms with E-state index < -0.39 is 0 Å². The first-order chi connectivity index (χ1) is 6.86. The third-order valence-electron chi connectivity index (χ3n) is 2.10. The molecule has 1 N–H and O–H groups in total. The lowest BCUT2D eigenvalue weighted by atomic mass is 10.1. The highest BCUT2D eigenvalue weighted by molar-refractivity contribution is 8.06. The highest BCUT2D eigenvalue weighted by Crippen LogP contribution is 2.27. The molecule has 1 saturated heterocycles. The van der Waals surface area contributed by atoms with E-state index in [0.717, 1.165) is 17.2 Å². The predicted octanol–water partition coefficient (Wildman–Crippen LogP) is 1.29. The lowest BCUT2D eigenvalue weighted by molar-refractivity contribution is 0.176. The zero-order valence-corrected chi connectivity index (χ0v) is 10.1. The SMILES string of the molecule is OC(Cc1cnsn1)C1CSCCS1. The van der Waals surface area contributed by atoms with Crippen molar-refractivity contribution in [1.29, 1.82) is 0 Å². The first-order valence-electron chi connectivity index (χ1n) is 4.50. The third-order valence-corrected chi connectivity index (χ3v) is 5.52. The Morgan fingerprint density at radius 1 is 1.57 bits per heavy atom. The fourth-order valence-corrected chi connectivity index (χ4v) is 4.56. The Morgan fingerprint density at radius 2 is 2.50 bits per heavy atom. The summed E-state index contributed by atoms with van der Waals surface area (Å²) < 4.78 is 8.03. The molecule has 78 valence electrons. The molecular formula is C8H12N2OS3. The van der Waals surface area contributed by atoms with Crippen molar-refractivity contribution in [3.8, 4) is 0 Å². The van der Waals surface area contributed by atoms with Crippen LogP contribution in [0, 0.1) is 0 Å². The number of rotatable bonds is 3. The highest BCUT2D eigenvalue weighted by atomic mass is 32.2. The van der Waals surface area contributed by atoms with E-state index in [0.29, 0.717) is 11.7 Å². The lowest BCUT2D eigenvalue weighted by Crippen LogP contribution is -2.30. The van der Waals surface area contributed by atoms with Crippen molar-refractivity contribution in [2.24, 2.45) is 0 Å². The summed E-state index contributed by atoms with van der Waals surface area (Å²) in [6, 6.07) is 0. The highest BCUT2D eigenvalue weighted by Gasteiger charge is 2.23. The molecule has 2 rings (SSSR count). The Labute approximate surface area is 96.0 Å². The Kier molecular flexibility index (Phi) is 4.10. The topological polar surface area (TPSA) is 46.0 Å². The summed E-state index contributed by atoms with van der Waals surface area (Å²) in [6.07, 6.45) is 2.13. The monoisotopic (exact) mass is 248 g/mol. The number of hydrogen-bond donors (Lipinski definition) is 1. The summed E-state index contributed by atoms with van der Waals surface area (Å²) in [5.74, 6) is 3.43. The minimum absolute atomic E-state index is 0.267. The molecule has 0 aliphatic carbocycles. The zero-order valence-electron chi connectivity index (χ0n) is 7.63. The molecule has 0 amide bonds. The van der Waals surface area contributed by atoms with Gasteiger partial charge in [0, 0.05) is 28.9 Å². The maximum atomic E-state index is 9.95. The van der Waals surface area contributed by atoms with Crippen LogP contribution in [0.2, 0.25) is 0 Å². The van der Waals surface area contributed by atoms with Gasteiger partial charge in [0.15, 0.2) is 0 Å². The van der Waals surface area contributed by atoms with E-state index in [9.17, 15) is 5.11 Å². The number of aromatic nitrogens is 2. The van der Waals surface area contributed by atoms with Crippen LogP contribution in [0.4, 0.5) is 0 Å². The summed E-state index contributed by atoms with van der Waals surface area (Å²) in [7, 11) is 0. The average Bonchev–Trinajstić information content (AvgIpc) is 2.72. The molecule has 2 atom stereocenters. The second kappa shape index (κ2) is 5.34. The van der Waals surface area contributed by atoms with E-state index in [2.05, 4.69) is 8.75 Å². The van der Waals surface area contributed by atoms with Crippen LogP contribution in [0.25, 0.3) is 0 Å². The molecule has 1 aromatic rings. The lowest BCUT2D eigenvalue weighted by Gasteiger charge is -2.25. The molecule has 14 heavy (non-hydrogen) atoms. The van der Waals surface area contributed by atoms with Crippen molar-refractivity contribution in [2.45, 2.75) is 17.8 Å². The quantitative estimate of drug-likeness (QED) is 0.873. The molecular weight excluding hydrogens is 236 g/mol. The van der Waals surface area contributed by atoms with Gasteiger partial charge in [0.05, 0.1) is 29.7 Å². The van der Waals surface area contributed by atoms with E-state index in [4.69, 9.17) is 0 Å². The van der Waals surface area contributed by atoms with Gasteiger partial charge in [-0.3, -0.25) is 0 Å². The van der Waals surface area contributed by atoms with Gasteiger partial charge in [-0.25, -0.2) is 0 Å². The minimum Gasteiger partial charge on any atom is -0.392 e. The van der Waals surface area contributed by atoms with Crippen LogP contribution in [0.3, 0.4) is 0 Å². The third kappa shape index (κ3) is 2.85. The number of aliphatic hydroxyl groups excluding tert-OH is 1. The van der Waals surface area contributed by atoms with E-state index in [1.807, 2.05) is 23.5 Å². The summed E-state index contributed by atoms with van der Waals surface area (Å²) in [6.45, 7) is 0. The molecule has 0 bridgehead atoms. The fourth-order valence-electron chi connectivity index (χ4n) is 1.35. The maximum Gasteiger partial charge on any atom is 0.0769 e. The van der Waals surface area contributed by atoms with Crippen molar-refractivity contribution in [3.63, 3.8) is 0 Å². The van der Waals surface area contributed by atoms with Gasteiger partial charge >= 0.3 is 0 Å². The van der Waals surface area contributed by atoms with Gasteiger partial charge in [0.1, 0.15) is 0 Å². The Bertz CT molecular complexity index is 262. The molecule has 1 aromatic heterocycles. The number of thioether (sulfide) groups is 2. The molecule has 2 unspecified atom stereocenters. The second-order valence-electron chi connectivity index (χ2n) is 3.15. The normalized spacial score (nSPS) is 24.8. The van der Waals surface area contributed by atoms with E-state index >= 15 is 0 Å². The van der Waals surface area contributed by atoms with Crippen molar-refractivity contribution >= 4 is 35.3 Å². The van der Waals surface area contributed by atoms with Gasteiger partial charge in [-0.05, 0) is 0 Å². The zero-order chi connectivity index (χ0) is 9.80. The molecule has 1 aliphatic heterocycles. The van der Waals surface area contributed by atoms with Gasteiger partial charge in [-0.15, -0.1) is 0 Å². The van der Waals surface area contributed by atoms with Crippen molar-refractivity contribution in [3.05, 3.63) is 11.9 Å². The number of aliphatic hydroxyl groups is 1. The standard InChI is InChI=1S/C8H12N2OS3/c11-7(3-6-4-9-14-10-6)8-5-12-1-2-13-8/h4,7-8,11H,1-3,5H2. The summed E-state index contributed by atoms with van der Waals surface area (Å²) >= 11 is 5.01. The van der Waals surface area contributed by atoms with Gasteiger partial charge in [-0.2, -0.15) is 32.3 Å². The van der Waals surface area contributed by atoms with Crippen LogP contribution in [-0.2, 0) is 6.42 Å².